The van der Waals surface area contributed by atoms with E-state index in [4.69, 9.17) is 0 Å². The summed E-state index contributed by atoms with van der Waals surface area (Å²) < 4.78 is 0. The Morgan fingerprint density at radius 2 is 1.80 bits per heavy atom. The SMILES string of the molecule is C/C=C\C(=C/C)C1=CC(c2cccc(C)c2)=CC(c2ccccc2)N1. The van der Waals surface area contributed by atoms with Crippen LogP contribution in [0.1, 0.15) is 36.6 Å². The van der Waals surface area contributed by atoms with Gasteiger partial charge in [-0.3, -0.25) is 0 Å². The van der Waals surface area contributed by atoms with E-state index in [1.54, 1.807) is 0 Å². The molecule has 0 aromatic heterocycles. The molecular formula is C24H25N. The third-order valence-corrected chi connectivity index (χ3v) is 4.44. The predicted molar refractivity (Wildman–Crippen MR) is 108 cm³/mol. The van der Waals surface area contributed by atoms with E-state index in [9.17, 15) is 0 Å². The van der Waals surface area contributed by atoms with Crippen molar-refractivity contribution in [1.29, 1.82) is 0 Å². The zero-order valence-corrected chi connectivity index (χ0v) is 15.2. The fraction of sp³-hybridized carbons (Fsp3) is 0.167. The van der Waals surface area contributed by atoms with E-state index in [0.29, 0.717) is 0 Å². The van der Waals surface area contributed by atoms with Crippen molar-refractivity contribution in [1.82, 2.24) is 5.32 Å². The van der Waals surface area contributed by atoms with Crippen molar-refractivity contribution in [2.45, 2.75) is 26.8 Å². The molecule has 0 spiro atoms. The molecular weight excluding hydrogens is 302 g/mol. The first-order valence-corrected chi connectivity index (χ1v) is 8.82. The van der Waals surface area contributed by atoms with Crippen molar-refractivity contribution in [3.8, 4) is 0 Å². The van der Waals surface area contributed by atoms with E-state index in [0.717, 1.165) is 5.70 Å². The Balaban J connectivity index is 2.07. The second-order valence-electron chi connectivity index (χ2n) is 6.33. The molecule has 0 bridgehead atoms. The van der Waals surface area contributed by atoms with Crippen LogP contribution in [0.2, 0.25) is 0 Å². The third kappa shape index (κ3) is 4.00. The maximum Gasteiger partial charge on any atom is 0.0707 e. The molecule has 1 heterocycles. The molecule has 1 unspecified atom stereocenters. The topological polar surface area (TPSA) is 12.0 Å². The van der Waals surface area contributed by atoms with Gasteiger partial charge in [0.25, 0.3) is 0 Å². The van der Waals surface area contributed by atoms with Gasteiger partial charge in [-0.05, 0) is 55.2 Å². The van der Waals surface area contributed by atoms with Gasteiger partial charge in [-0.2, -0.15) is 0 Å². The molecule has 0 saturated heterocycles. The van der Waals surface area contributed by atoms with Crippen LogP contribution in [0, 0.1) is 6.92 Å². The van der Waals surface area contributed by atoms with Crippen molar-refractivity contribution < 1.29 is 0 Å². The van der Waals surface area contributed by atoms with Crippen molar-refractivity contribution in [2.75, 3.05) is 0 Å². The molecule has 0 aliphatic carbocycles. The van der Waals surface area contributed by atoms with Gasteiger partial charge in [0, 0.05) is 5.70 Å². The summed E-state index contributed by atoms with van der Waals surface area (Å²) in [7, 11) is 0. The molecule has 126 valence electrons. The molecule has 1 atom stereocenters. The van der Waals surface area contributed by atoms with Gasteiger partial charge in [0.05, 0.1) is 6.04 Å². The first kappa shape index (κ1) is 17.0. The highest BCUT2D eigenvalue weighted by Crippen LogP contribution is 2.31. The lowest BCUT2D eigenvalue weighted by atomic mass is 9.92. The van der Waals surface area contributed by atoms with E-state index >= 15 is 0 Å². The Hall–Kier alpha value is -2.80. The van der Waals surface area contributed by atoms with Crippen LogP contribution in [0.3, 0.4) is 0 Å². The smallest absolute Gasteiger partial charge is 0.0707 e. The Bertz CT molecular complexity index is 851. The molecule has 2 aromatic rings. The Morgan fingerprint density at radius 3 is 2.48 bits per heavy atom. The van der Waals surface area contributed by atoms with E-state index < -0.39 is 0 Å². The fourth-order valence-electron chi connectivity index (χ4n) is 3.17. The molecule has 1 aliphatic heterocycles. The van der Waals surface area contributed by atoms with E-state index in [1.165, 1.54) is 27.8 Å². The number of hydrogen-bond acceptors (Lipinski definition) is 1. The Morgan fingerprint density at radius 1 is 1.00 bits per heavy atom. The van der Waals surface area contributed by atoms with E-state index in [2.05, 4.69) is 111 Å². The van der Waals surface area contributed by atoms with Gasteiger partial charge < -0.3 is 5.32 Å². The number of aryl methyl sites for hydroxylation is 1. The second kappa shape index (κ2) is 7.85. The molecule has 0 fully saturated rings. The summed E-state index contributed by atoms with van der Waals surface area (Å²) in [4.78, 5) is 0. The van der Waals surface area contributed by atoms with Gasteiger partial charge in [0.2, 0.25) is 0 Å². The monoisotopic (exact) mass is 327 g/mol. The van der Waals surface area contributed by atoms with Gasteiger partial charge >= 0.3 is 0 Å². The molecule has 2 aromatic carbocycles. The average Bonchev–Trinajstić information content (AvgIpc) is 2.66. The first-order valence-electron chi connectivity index (χ1n) is 8.82. The Labute approximate surface area is 151 Å². The summed E-state index contributed by atoms with van der Waals surface area (Å²) in [5.41, 5.74) is 7.44. The van der Waals surface area contributed by atoms with Gasteiger partial charge in [0.1, 0.15) is 0 Å². The molecule has 0 amide bonds. The molecule has 25 heavy (non-hydrogen) atoms. The fourth-order valence-corrected chi connectivity index (χ4v) is 3.17. The van der Waals surface area contributed by atoms with Crippen LogP contribution in [0.4, 0.5) is 0 Å². The maximum atomic E-state index is 3.69. The summed E-state index contributed by atoms with van der Waals surface area (Å²) in [5, 5.41) is 3.69. The van der Waals surface area contributed by atoms with Crippen LogP contribution in [0.15, 0.2) is 96.2 Å². The van der Waals surface area contributed by atoms with E-state index in [-0.39, 0.29) is 6.04 Å². The highest BCUT2D eigenvalue weighted by Gasteiger charge is 2.18. The van der Waals surface area contributed by atoms with Gasteiger partial charge in [-0.15, -0.1) is 0 Å². The van der Waals surface area contributed by atoms with Crippen molar-refractivity contribution in [3.05, 3.63) is 113 Å². The highest BCUT2D eigenvalue weighted by molar-refractivity contribution is 5.78. The van der Waals surface area contributed by atoms with Crippen LogP contribution in [-0.2, 0) is 0 Å². The third-order valence-electron chi connectivity index (χ3n) is 4.44. The summed E-state index contributed by atoms with van der Waals surface area (Å²) >= 11 is 0. The molecule has 3 rings (SSSR count). The zero-order valence-electron chi connectivity index (χ0n) is 15.2. The summed E-state index contributed by atoms with van der Waals surface area (Å²) in [6.07, 6.45) is 11.0. The normalized spacial score (nSPS) is 17.9. The lowest BCUT2D eigenvalue weighted by Crippen LogP contribution is -2.23. The molecule has 1 heteroatoms. The van der Waals surface area contributed by atoms with Crippen LogP contribution in [-0.4, -0.2) is 0 Å². The number of dihydropyridines is 1. The zero-order chi connectivity index (χ0) is 17.6. The number of rotatable bonds is 4. The number of hydrogen-bond donors (Lipinski definition) is 1. The lowest BCUT2D eigenvalue weighted by Gasteiger charge is -2.26. The summed E-state index contributed by atoms with van der Waals surface area (Å²) in [5.74, 6) is 0. The highest BCUT2D eigenvalue weighted by atomic mass is 14.9. The first-order chi connectivity index (χ1) is 12.2. The quantitative estimate of drug-likeness (QED) is 0.666. The van der Waals surface area contributed by atoms with Crippen molar-refractivity contribution in [3.63, 3.8) is 0 Å². The second-order valence-corrected chi connectivity index (χ2v) is 6.33. The van der Waals surface area contributed by atoms with Gasteiger partial charge in [0.15, 0.2) is 0 Å². The summed E-state index contributed by atoms with van der Waals surface area (Å²) in [6.45, 7) is 6.28. The molecule has 0 saturated carbocycles. The summed E-state index contributed by atoms with van der Waals surface area (Å²) in [6, 6.07) is 19.5. The van der Waals surface area contributed by atoms with Crippen LogP contribution < -0.4 is 5.32 Å². The number of allylic oxidation sites excluding steroid dienone is 5. The van der Waals surface area contributed by atoms with Crippen molar-refractivity contribution >= 4 is 5.57 Å². The van der Waals surface area contributed by atoms with Crippen LogP contribution in [0.25, 0.3) is 5.57 Å². The van der Waals surface area contributed by atoms with E-state index in [1.807, 2.05) is 0 Å². The van der Waals surface area contributed by atoms with Crippen LogP contribution >= 0.6 is 0 Å². The standard InChI is InChI=1S/C24H25N/c1-4-10-19(5-2)23-16-22(21-14-9-11-18(3)15-21)17-24(25-23)20-12-7-6-8-13-20/h4-17,24-25H,1-3H3/b10-4-,19-5+. The van der Waals surface area contributed by atoms with Gasteiger partial charge in [-0.25, -0.2) is 0 Å². The van der Waals surface area contributed by atoms with Crippen LogP contribution in [0.5, 0.6) is 0 Å². The molecule has 1 aliphatic rings. The molecule has 1 N–H and O–H groups in total. The predicted octanol–water partition coefficient (Wildman–Crippen LogP) is 6.13. The lowest BCUT2D eigenvalue weighted by molar-refractivity contribution is 0.716. The average molecular weight is 327 g/mol. The largest absolute Gasteiger partial charge is 0.374 e. The van der Waals surface area contributed by atoms with Crippen molar-refractivity contribution in [2.24, 2.45) is 0 Å². The Kier molecular flexibility index (Phi) is 5.35. The number of benzene rings is 2. The number of nitrogens with one attached hydrogen (secondary N) is 1. The minimum atomic E-state index is 0.164. The minimum Gasteiger partial charge on any atom is -0.374 e. The molecule has 0 radical (unpaired) electrons. The molecule has 1 nitrogen and oxygen atoms in total. The minimum absolute atomic E-state index is 0.164. The van der Waals surface area contributed by atoms with Gasteiger partial charge in [-0.1, -0.05) is 78.4 Å². The maximum absolute atomic E-state index is 3.69.